The molecule has 3 rings (SSSR count). The molecule has 0 spiro atoms. The maximum absolute atomic E-state index is 12.7. The fourth-order valence-electron chi connectivity index (χ4n) is 2.12. The second-order valence-electron chi connectivity index (χ2n) is 4.39. The number of hydrogen-bond donors (Lipinski definition) is 1. The van der Waals surface area contributed by atoms with Gasteiger partial charge in [0.2, 0.25) is 15.9 Å². The van der Waals surface area contributed by atoms with Crippen molar-refractivity contribution in [2.24, 2.45) is 0 Å². The molecule has 1 saturated heterocycles. The van der Waals surface area contributed by atoms with Crippen LogP contribution >= 0.6 is 11.7 Å². The van der Waals surface area contributed by atoms with Gasteiger partial charge in [-0.15, -0.1) is 0 Å². The number of aromatic nitrogens is 2. The number of nitrogens with zero attached hydrogens (tertiary/aromatic N) is 3. The molecule has 0 saturated carbocycles. The van der Waals surface area contributed by atoms with Gasteiger partial charge in [0, 0.05) is 26.1 Å². The van der Waals surface area contributed by atoms with Gasteiger partial charge >= 0.3 is 0 Å². The Morgan fingerprint density at radius 1 is 1.25 bits per heavy atom. The van der Waals surface area contributed by atoms with Crippen LogP contribution in [0.5, 0.6) is 0 Å². The molecule has 1 fully saturated rings. The van der Waals surface area contributed by atoms with Gasteiger partial charge in [-0.3, -0.25) is 4.79 Å². The van der Waals surface area contributed by atoms with E-state index in [0.29, 0.717) is 17.6 Å². The molecule has 0 bridgehead atoms. The fourth-order valence-corrected chi connectivity index (χ4v) is 4.31. The van der Waals surface area contributed by atoms with E-state index in [0.717, 1.165) is 11.7 Å². The molecule has 1 aromatic carbocycles. The van der Waals surface area contributed by atoms with Crippen molar-refractivity contribution in [3.05, 3.63) is 18.2 Å². The largest absolute Gasteiger partial charge is 0.355 e. The van der Waals surface area contributed by atoms with Gasteiger partial charge in [0.1, 0.15) is 15.9 Å². The van der Waals surface area contributed by atoms with E-state index < -0.39 is 10.0 Å². The highest BCUT2D eigenvalue weighted by molar-refractivity contribution is 7.89. The summed E-state index contributed by atoms with van der Waals surface area (Å²) in [5.41, 5.74) is 0.959. The number of fused-ring (bicyclic) bond motifs is 1. The molecule has 1 amide bonds. The Balaban J connectivity index is 2.03. The topological polar surface area (TPSA) is 92.3 Å². The average Bonchev–Trinajstić information content (AvgIpc) is 2.79. The Morgan fingerprint density at radius 3 is 2.95 bits per heavy atom. The summed E-state index contributed by atoms with van der Waals surface area (Å²) in [5.74, 6) is -0.128. The van der Waals surface area contributed by atoms with Crippen LogP contribution in [-0.2, 0) is 14.8 Å². The first-order chi connectivity index (χ1) is 9.59. The van der Waals surface area contributed by atoms with Crippen LogP contribution in [0.3, 0.4) is 0 Å². The summed E-state index contributed by atoms with van der Waals surface area (Å²) in [5, 5.41) is 2.66. The summed E-state index contributed by atoms with van der Waals surface area (Å²) in [6.45, 7) is 0.771. The molecule has 1 aromatic heterocycles. The Hall–Kier alpha value is -1.58. The number of rotatable bonds is 2. The Bertz CT molecular complexity index is 756. The van der Waals surface area contributed by atoms with Crippen molar-refractivity contribution < 1.29 is 13.2 Å². The second kappa shape index (κ2) is 5.08. The Morgan fingerprint density at radius 2 is 2.10 bits per heavy atom. The lowest BCUT2D eigenvalue weighted by atomic mass is 10.3. The average molecular weight is 312 g/mol. The van der Waals surface area contributed by atoms with Crippen molar-refractivity contribution in [3.63, 3.8) is 0 Å². The van der Waals surface area contributed by atoms with Crippen LogP contribution in [0, 0.1) is 0 Å². The first-order valence-electron chi connectivity index (χ1n) is 6.07. The summed E-state index contributed by atoms with van der Waals surface area (Å²) in [6, 6.07) is 4.91. The van der Waals surface area contributed by atoms with Gasteiger partial charge < -0.3 is 5.32 Å². The standard InChI is InChI=1S/C11H12N4O3S2/c16-10-4-6-15(7-5-12-10)20(17,18)9-3-1-2-8-11(9)14-19-13-8/h1-3H,4-7H2,(H,12,16). The van der Waals surface area contributed by atoms with Gasteiger partial charge in [0.25, 0.3) is 0 Å². The molecule has 0 unspecified atom stereocenters. The van der Waals surface area contributed by atoms with Crippen LogP contribution in [0.25, 0.3) is 11.0 Å². The van der Waals surface area contributed by atoms with Crippen molar-refractivity contribution in [1.29, 1.82) is 0 Å². The fraction of sp³-hybridized carbons (Fsp3) is 0.364. The van der Waals surface area contributed by atoms with E-state index in [-0.39, 0.29) is 30.3 Å². The van der Waals surface area contributed by atoms with E-state index >= 15 is 0 Å². The van der Waals surface area contributed by atoms with E-state index in [9.17, 15) is 13.2 Å². The summed E-state index contributed by atoms with van der Waals surface area (Å²) in [7, 11) is -3.66. The predicted octanol–water partition coefficient (Wildman–Crippen LogP) is 0.202. The molecule has 0 atom stereocenters. The highest BCUT2D eigenvalue weighted by Gasteiger charge is 2.29. The number of hydrogen-bond acceptors (Lipinski definition) is 6. The van der Waals surface area contributed by atoms with E-state index in [2.05, 4.69) is 14.1 Å². The Labute approximate surface area is 120 Å². The van der Waals surface area contributed by atoms with Crippen LogP contribution in [-0.4, -0.2) is 47.0 Å². The van der Waals surface area contributed by atoms with E-state index in [1.165, 1.54) is 10.4 Å². The molecular weight excluding hydrogens is 300 g/mol. The molecule has 9 heteroatoms. The SMILES string of the molecule is O=C1CCN(S(=O)(=O)c2cccc3nsnc23)CCN1. The van der Waals surface area contributed by atoms with Crippen LogP contribution < -0.4 is 5.32 Å². The highest BCUT2D eigenvalue weighted by Crippen LogP contribution is 2.24. The maximum atomic E-state index is 12.7. The lowest BCUT2D eigenvalue weighted by molar-refractivity contribution is -0.120. The molecule has 2 heterocycles. The van der Waals surface area contributed by atoms with E-state index in [1.807, 2.05) is 0 Å². The molecule has 0 radical (unpaired) electrons. The smallest absolute Gasteiger partial charge is 0.245 e. The normalized spacial score (nSPS) is 17.9. The molecule has 7 nitrogen and oxygen atoms in total. The molecule has 1 aliphatic rings. The monoisotopic (exact) mass is 312 g/mol. The van der Waals surface area contributed by atoms with Crippen molar-refractivity contribution in [2.75, 3.05) is 19.6 Å². The Kier molecular flexibility index (Phi) is 3.40. The van der Waals surface area contributed by atoms with Gasteiger partial charge in [-0.2, -0.15) is 13.1 Å². The number of benzene rings is 1. The minimum atomic E-state index is -3.66. The quantitative estimate of drug-likeness (QED) is 0.855. The van der Waals surface area contributed by atoms with E-state index in [1.54, 1.807) is 12.1 Å². The maximum Gasteiger partial charge on any atom is 0.245 e. The number of amides is 1. The molecule has 0 aliphatic carbocycles. The number of sulfonamides is 1. The first-order valence-corrected chi connectivity index (χ1v) is 8.24. The predicted molar refractivity (Wildman–Crippen MR) is 73.8 cm³/mol. The van der Waals surface area contributed by atoms with Gasteiger partial charge in [0.15, 0.2) is 0 Å². The zero-order chi connectivity index (χ0) is 14.2. The third-order valence-electron chi connectivity index (χ3n) is 3.14. The summed E-state index contributed by atoms with van der Waals surface area (Å²) < 4.78 is 34.8. The number of carbonyl (C=O) groups excluding carboxylic acids is 1. The van der Waals surface area contributed by atoms with Gasteiger partial charge in [0.05, 0.1) is 11.7 Å². The summed E-state index contributed by atoms with van der Waals surface area (Å²) >= 11 is 0.985. The lowest BCUT2D eigenvalue weighted by Gasteiger charge is -2.19. The van der Waals surface area contributed by atoms with Crippen molar-refractivity contribution in [3.8, 4) is 0 Å². The van der Waals surface area contributed by atoms with Crippen LogP contribution in [0.4, 0.5) is 0 Å². The van der Waals surface area contributed by atoms with Crippen molar-refractivity contribution in [2.45, 2.75) is 11.3 Å². The molecule has 106 valence electrons. The number of nitrogens with one attached hydrogen (secondary N) is 1. The number of carbonyl (C=O) groups is 1. The minimum absolute atomic E-state index is 0.128. The summed E-state index contributed by atoms with van der Waals surface area (Å²) in [4.78, 5) is 11.5. The molecule has 1 N–H and O–H groups in total. The third-order valence-corrected chi connectivity index (χ3v) is 5.61. The lowest BCUT2D eigenvalue weighted by Crippen LogP contribution is -2.34. The zero-order valence-electron chi connectivity index (χ0n) is 10.4. The molecule has 2 aromatic rings. The molecule has 20 heavy (non-hydrogen) atoms. The van der Waals surface area contributed by atoms with Gasteiger partial charge in [-0.1, -0.05) is 6.07 Å². The van der Waals surface area contributed by atoms with Crippen molar-refractivity contribution in [1.82, 2.24) is 18.4 Å². The molecule has 1 aliphatic heterocycles. The second-order valence-corrected chi connectivity index (χ2v) is 6.83. The van der Waals surface area contributed by atoms with E-state index in [4.69, 9.17) is 0 Å². The van der Waals surface area contributed by atoms with Gasteiger partial charge in [-0.05, 0) is 12.1 Å². The third kappa shape index (κ3) is 2.28. The van der Waals surface area contributed by atoms with Crippen LogP contribution in [0.15, 0.2) is 23.1 Å². The first kappa shape index (κ1) is 13.4. The highest BCUT2D eigenvalue weighted by atomic mass is 32.2. The summed E-state index contributed by atoms with van der Waals surface area (Å²) in [6.07, 6.45) is 0.171. The molecular formula is C11H12N4O3S2. The zero-order valence-corrected chi connectivity index (χ0v) is 12.1. The van der Waals surface area contributed by atoms with Crippen LogP contribution in [0.1, 0.15) is 6.42 Å². The van der Waals surface area contributed by atoms with Gasteiger partial charge in [-0.25, -0.2) is 8.42 Å². The van der Waals surface area contributed by atoms with Crippen LogP contribution in [0.2, 0.25) is 0 Å². The van der Waals surface area contributed by atoms with Crippen molar-refractivity contribution >= 4 is 38.7 Å². The minimum Gasteiger partial charge on any atom is -0.355 e.